The van der Waals surface area contributed by atoms with Crippen molar-refractivity contribution >= 4 is 43.3 Å². The topological polar surface area (TPSA) is 116 Å². The molecule has 2 aromatic heterocycles. The van der Waals surface area contributed by atoms with Crippen LogP contribution in [0.25, 0.3) is 15.3 Å². The number of amides is 1. The van der Waals surface area contributed by atoms with E-state index in [1.165, 1.54) is 39.9 Å². The highest BCUT2D eigenvalue weighted by molar-refractivity contribution is 7.89. The minimum atomic E-state index is -3.69. The number of hydrogen-bond donors (Lipinski definition) is 1. The number of hydrogen-bond acceptors (Lipinski definition) is 8. The van der Waals surface area contributed by atoms with Crippen LogP contribution in [0.15, 0.2) is 53.4 Å². The number of aryl methyl sites for hydroxylation is 1. The van der Waals surface area contributed by atoms with E-state index in [0.717, 1.165) is 16.0 Å². The van der Waals surface area contributed by atoms with Gasteiger partial charge < -0.3 is 14.8 Å². The van der Waals surface area contributed by atoms with Gasteiger partial charge in [0.05, 0.1) is 40.1 Å². The van der Waals surface area contributed by atoms with E-state index in [1.54, 1.807) is 17.9 Å². The number of benzene rings is 2. The van der Waals surface area contributed by atoms with Crippen LogP contribution < -0.4 is 10.1 Å². The van der Waals surface area contributed by atoms with Crippen LogP contribution in [0.1, 0.15) is 29.9 Å². The standard InChI is InChI=1S/C25H27N5O5S2/c1-15-11-23(30(28-15)25-26-21-10-7-19(34-4)12-22(21)36-25)27-24(31)18-5-8-20(9-6-18)37(32,33)29-13-16(2)35-17(3)14-29/h5-12,16-17H,13-14H2,1-4H3,(H,27,31). The van der Waals surface area contributed by atoms with Crippen LogP contribution in [-0.4, -0.2) is 65.8 Å². The molecule has 2 atom stereocenters. The van der Waals surface area contributed by atoms with Gasteiger partial charge in [-0.2, -0.15) is 14.1 Å². The Hall–Kier alpha value is -3.32. The van der Waals surface area contributed by atoms with Crippen molar-refractivity contribution in [3.8, 4) is 10.9 Å². The summed E-state index contributed by atoms with van der Waals surface area (Å²) >= 11 is 1.43. The smallest absolute Gasteiger partial charge is 0.256 e. The third-order valence-corrected chi connectivity index (χ3v) is 8.82. The highest BCUT2D eigenvalue weighted by Crippen LogP contribution is 2.30. The van der Waals surface area contributed by atoms with E-state index >= 15 is 0 Å². The third kappa shape index (κ3) is 5.10. The molecule has 0 saturated carbocycles. The van der Waals surface area contributed by atoms with Crippen molar-refractivity contribution in [2.75, 3.05) is 25.5 Å². The van der Waals surface area contributed by atoms with Crippen LogP contribution in [0.2, 0.25) is 0 Å². The molecule has 194 valence electrons. The zero-order chi connectivity index (χ0) is 26.3. The van der Waals surface area contributed by atoms with Crippen LogP contribution in [0.4, 0.5) is 5.82 Å². The van der Waals surface area contributed by atoms with Gasteiger partial charge in [0.1, 0.15) is 11.6 Å². The van der Waals surface area contributed by atoms with Crippen LogP contribution in [0.5, 0.6) is 5.75 Å². The van der Waals surface area contributed by atoms with E-state index in [0.29, 0.717) is 22.2 Å². The molecule has 12 heteroatoms. The second-order valence-corrected chi connectivity index (χ2v) is 11.9. The molecular weight excluding hydrogens is 514 g/mol. The normalized spacial score (nSPS) is 18.7. The number of thiazole rings is 1. The largest absolute Gasteiger partial charge is 0.497 e. The lowest BCUT2D eigenvalue weighted by atomic mass is 10.2. The van der Waals surface area contributed by atoms with E-state index in [9.17, 15) is 13.2 Å². The number of ether oxygens (including phenoxy) is 2. The fraction of sp³-hybridized carbons (Fsp3) is 0.320. The predicted octanol–water partition coefficient (Wildman–Crippen LogP) is 3.85. The maximum atomic E-state index is 13.1. The zero-order valence-electron chi connectivity index (χ0n) is 20.8. The highest BCUT2D eigenvalue weighted by atomic mass is 32.2. The first-order valence-electron chi connectivity index (χ1n) is 11.7. The summed E-state index contributed by atoms with van der Waals surface area (Å²) in [4.78, 5) is 17.8. The van der Waals surface area contributed by atoms with Crippen molar-refractivity contribution in [3.05, 3.63) is 59.8 Å². The van der Waals surface area contributed by atoms with E-state index in [1.807, 2.05) is 39.0 Å². The van der Waals surface area contributed by atoms with Gasteiger partial charge in [-0.1, -0.05) is 11.3 Å². The Morgan fingerprint density at radius 3 is 2.49 bits per heavy atom. The Balaban J connectivity index is 1.36. The quantitative estimate of drug-likeness (QED) is 0.394. The van der Waals surface area contributed by atoms with Crippen molar-refractivity contribution in [2.45, 2.75) is 37.9 Å². The number of nitrogens with zero attached hydrogens (tertiary/aromatic N) is 4. The minimum absolute atomic E-state index is 0.135. The molecule has 0 radical (unpaired) electrons. The monoisotopic (exact) mass is 541 g/mol. The molecule has 0 bridgehead atoms. The summed E-state index contributed by atoms with van der Waals surface area (Å²) in [5.74, 6) is 0.805. The summed E-state index contributed by atoms with van der Waals surface area (Å²) in [6, 6.07) is 13.3. The number of rotatable bonds is 6. The highest BCUT2D eigenvalue weighted by Gasteiger charge is 2.32. The molecule has 1 N–H and O–H groups in total. The third-order valence-electron chi connectivity index (χ3n) is 5.98. The van der Waals surface area contributed by atoms with Gasteiger partial charge in [0, 0.05) is 24.7 Å². The number of morpholine rings is 1. The SMILES string of the molecule is COc1ccc2nc(-n3nc(C)cc3NC(=O)c3ccc(S(=O)(=O)N4CC(C)OC(C)C4)cc3)sc2c1. The molecule has 2 aromatic carbocycles. The number of carbonyl (C=O) groups is 1. The van der Waals surface area contributed by atoms with Gasteiger partial charge in [-0.25, -0.2) is 13.4 Å². The predicted molar refractivity (Wildman–Crippen MR) is 141 cm³/mol. The zero-order valence-corrected chi connectivity index (χ0v) is 22.5. The lowest BCUT2D eigenvalue weighted by Gasteiger charge is -2.34. The first-order valence-corrected chi connectivity index (χ1v) is 14.0. The van der Waals surface area contributed by atoms with Crippen molar-refractivity contribution in [3.63, 3.8) is 0 Å². The first kappa shape index (κ1) is 25.3. The van der Waals surface area contributed by atoms with Crippen LogP contribution >= 0.6 is 11.3 Å². The van der Waals surface area contributed by atoms with Gasteiger partial charge in [0.2, 0.25) is 15.2 Å². The van der Waals surface area contributed by atoms with Crippen molar-refractivity contribution in [1.29, 1.82) is 0 Å². The van der Waals surface area contributed by atoms with Crippen molar-refractivity contribution in [1.82, 2.24) is 19.1 Å². The van der Waals surface area contributed by atoms with Gasteiger partial charge in [-0.15, -0.1) is 0 Å². The van der Waals surface area contributed by atoms with Crippen molar-refractivity contribution in [2.24, 2.45) is 0 Å². The summed E-state index contributed by atoms with van der Waals surface area (Å²) < 4.78 is 41.1. The Bertz CT molecular complexity index is 1550. The summed E-state index contributed by atoms with van der Waals surface area (Å²) in [6.07, 6.45) is -0.372. The van der Waals surface area contributed by atoms with Gasteiger partial charge in [-0.3, -0.25) is 4.79 Å². The van der Waals surface area contributed by atoms with E-state index < -0.39 is 10.0 Å². The number of methoxy groups -OCH3 is 1. The van der Waals surface area contributed by atoms with E-state index in [4.69, 9.17) is 9.47 Å². The summed E-state index contributed by atoms with van der Waals surface area (Å²) in [6.45, 7) is 6.11. The number of carbonyl (C=O) groups excluding carboxylic acids is 1. The van der Waals surface area contributed by atoms with Gasteiger partial charge in [-0.05, 0) is 63.2 Å². The second kappa shape index (κ2) is 9.86. The number of anilines is 1. The molecule has 1 saturated heterocycles. The Morgan fingerprint density at radius 1 is 1.11 bits per heavy atom. The maximum absolute atomic E-state index is 13.1. The Morgan fingerprint density at radius 2 is 1.81 bits per heavy atom. The molecular formula is C25H27N5O5S2. The van der Waals surface area contributed by atoms with Crippen LogP contribution in [0, 0.1) is 6.92 Å². The Labute approximate surface area is 218 Å². The molecule has 3 heterocycles. The molecule has 2 unspecified atom stereocenters. The van der Waals surface area contributed by atoms with Gasteiger partial charge >= 0.3 is 0 Å². The lowest BCUT2D eigenvalue weighted by Crippen LogP contribution is -2.48. The van der Waals surface area contributed by atoms with Gasteiger partial charge in [0.15, 0.2) is 0 Å². The molecule has 0 aliphatic carbocycles. The van der Waals surface area contributed by atoms with Gasteiger partial charge in [0.25, 0.3) is 5.91 Å². The van der Waals surface area contributed by atoms with Crippen molar-refractivity contribution < 1.29 is 22.7 Å². The number of sulfonamides is 1. The number of aromatic nitrogens is 3. The average Bonchev–Trinajstić information content (AvgIpc) is 3.45. The molecule has 37 heavy (non-hydrogen) atoms. The lowest BCUT2D eigenvalue weighted by molar-refractivity contribution is -0.0440. The summed E-state index contributed by atoms with van der Waals surface area (Å²) in [7, 11) is -2.08. The fourth-order valence-electron chi connectivity index (χ4n) is 4.29. The average molecular weight is 542 g/mol. The molecule has 1 aliphatic rings. The summed E-state index contributed by atoms with van der Waals surface area (Å²) in [5.41, 5.74) is 1.83. The van der Waals surface area contributed by atoms with Crippen LogP contribution in [-0.2, 0) is 14.8 Å². The summed E-state index contributed by atoms with van der Waals surface area (Å²) in [5, 5.41) is 7.97. The molecule has 1 fully saturated rings. The fourth-order valence-corrected chi connectivity index (χ4v) is 6.84. The molecule has 4 aromatic rings. The molecule has 1 amide bonds. The second-order valence-electron chi connectivity index (χ2n) is 8.97. The minimum Gasteiger partial charge on any atom is -0.497 e. The number of nitrogens with one attached hydrogen (secondary N) is 1. The first-order chi connectivity index (χ1) is 17.6. The molecule has 1 aliphatic heterocycles. The number of fused-ring (bicyclic) bond motifs is 1. The Kier molecular flexibility index (Phi) is 6.75. The molecule has 0 spiro atoms. The molecule has 10 nitrogen and oxygen atoms in total. The maximum Gasteiger partial charge on any atom is 0.256 e. The molecule has 5 rings (SSSR count). The van der Waals surface area contributed by atoms with Crippen LogP contribution in [0.3, 0.4) is 0 Å². The van der Waals surface area contributed by atoms with E-state index in [2.05, 4.69) is 15.4 Å². The van der Waals surface area contributed by atoms with E-state index in [-0.39, 0.29) is 36.1 Å².